The molecule has 0 spiro atoms. The first-order chi connectivity index (χ1) is 14.9. The molecule has 1 aromatic rings. The number of esters is 1. The van der Waals surface area contributed by atoms with Gasteiger partial charge in [-0.1, -0.05) is 0 Å². The largest absolute Gasteiger partial charge is 0.508 e. The number of Topliss-reactive ketones (excluding diaryl/α,β-unsaturated/α-hetero) is 1. The average Bonchev–Trinajstić information content (AvgIpc) is 2.68. The molecule has 1 saturated carbocycles. The van der Waals surface area contributed by atoms with E-state index in [0.717, 1.165) is 6.42 Å². The molecule has 1 heterocycles. The molecule has 1 N–H and O–H groups in total. The standard InChI is InChI=1S/C23H31NO8/c1-22(2,21(27)30-9-5-6-10-31-24(28)29)14-11-18(26)20-16-13-15(25)7-8-17(16)23(3,4)32-19(20)12-14/h11-12,16-17,26H,5-10,13H2,1-4H3/t16-,17-/m1/s1. The molecule has 2 aliphatic rings. The zero-order chi connectivity index (χ0) is 23.7. The van der Waals surface area contributed by atoms with E-state index in [0.29, 0.717) is 42.6 Å². The summed E-state index contributed by atoms with van der Waals surface area (Å²) in [5.41, 5.74) is -0.371. The number of hydrogen-bond donors (Lipinski definition) is 1. The van der Waals surface area contributed by atoms with Gasteiger partial charge in [-0.25, -0.2) is 0 Å². The molecule has 3 rings (SSSR count). The minimum absolute atomic E-state index is 0.0236. The normalized spacial score (nSPS) is 21.7. The van der Waals surface area contributed by atoms with Crippen LogP contribution in [0.3, 0.4) is 0 Å². The van der Waals surface area contributed by atoms with Gasteiger partial charge in [-0.2, -0.15) is 0 Å². The van der Waals surface area contributed by atoms with Gasteiger partial charge in [0.1, 0.15) is 22.9 Å². The number of fused-ring (bicyclic) bond motifs is 3. The van der Waals surface area contributed by atoms with Gasteiger partial charge in [0, 0.05) is 30.2 Å². The van der Waals surface area contributed by atoms with Crippen LogP contribution in [0.15, 0.2) is 12.1 Å². The topological polar surface area (TPSA) is 125 Å². The summed E-state index contributed by atoms with van der Waals surface area (Å²) in [5.74, 6) is 0.246. The Hall–Kier alpha value is -2.84. The van der Waals surface area contributed by atoms with Crippen LogP contribution in [0.25, 0.3) is 0 Å². The van der Waals surface area contributed by atoms with E-state index >= 15 is 0 Å². The summed E-state index contributed by atoms with van der Waals surface area (Å²) in [6.45, 7) is 7.45. The molecule has 1 aromatic carbocycles. The fourth-order valence-corrected chi connectivity index (χ4v) is 4.74. The van der Waals surface area contributed by atoms with Gasteiger partial charge < -0.3 is 19.4 Å². The number of hydrogen-bond acceptors (Lipinski definition) is 8. The molecular formula is C23H31NO8. The highest BCUT2D eigenvalue weighted by Crippen LogP contribution is 2.54. The average molecular weight is 450 g/mol. The number of ketones is 1. The Bertz CT molecular complexity index is 908. The predicted octanol–water partition coefficient (Wildman–Crippen LogP) is 3.83. The summed E-state index contributed by atoms with van der Waals surface area (Å²) in [6, 6.07) is 3.32. The van der Waals surface area contributed by atoms with Crippen LogP contribution in [0.4, 0.5) is 0 Å². The fourth-order valence-electron chi connectivity index (χ4n) is 4.74. The predicted molar refractivity (Wildman–Crippen MR) is 114 cm³/mol. The van der Waals surface area contributed by atoms with E-state index in [4.69, 9.17) is 9.47 Å². The van der Waals surface area contributed by atoms with Crippen molar-refractivity contribution in [2.24, 2.45) is 5.92 Å². The molecule has 176 valence electrons. The summed E-state index contributed by atoms with van der Waals surface area (Å²) < 4.78 is 11.6. The second kappa shape index (κ2) is 8.96. The maximum atomic E-state index is 12.8. The van der Waals surface area contributed by atoms with Crippen molar-refractivity contribution in [1.29, 1.82) is 0 Å². The van der Waals surface area contributed by atoms with Crippen LogP contribution in [0.5, 0.6) is 11.5 Å². The molecular weight excluding hydrogens is 418 g/mol. The summed E-state index contributed by atoms with van der Waals surface area (Å²) in [6.07, 6.45) is 2.45. The molecule has 1 fully saturated rings. The summed E-state index contributed by atoms with van der Waals surface area (Å²) in [4.78, 5) is 39.3. The van der Waals surface area contributed by atoms with Gasteiger partial charge in [-0.3, -0.25) is 9.59 Å². The minimum Gasteiger partial charge on any atom is -0.508 e. The van der Waals surface area contributed by atoms with Crippen LogP contribution in [-0.4, -0.2) is 40.8 Å². The Morgan fingerprint density at radius 2 is 2.00 bits per heavy atom. The highest BCUT2D eigenvalue weighted by molar-refractivity contribution is 5.83. The monoisotopic (exact) mass is 449 g/mol. The van der Waals surface area contributed by atoms with Gasteiger partial charge in [0.05, 0.1) is 18.6 Å². The number of unbranched alkanes of at least 4 members (excludes halogenated alkanes) is 1. The molecule has 2 atom stereocenters. The van der Waals surface area contributed by atoms with Crippen molar-refractivity contribution < 1.29 is 34.1 Å². The molecule has 0 unspecified atom stereocenters. The molecule has 0 amide bonds. The molecule has 0 radical (unpaired) electrons. The smallest absolute Gasteiger partial charge is 0.315 e. The van der Waals surface area contributed by atoms with E-state index in [1.54, 1.807) is 26.0 Å². The quantitative estimate of drug-likeness (QED) is 0.275. The number of aromatic hydroxyl groups is 1. The van der Waals surface area contributed by atoms with E-state index in [1.807, 2.05) is 13.8 Å². The number of nitrogens with zero attached hydrogens (tertiary/aromatic N) is 1. The van der Waals surface area contributed by atoms with E-state index in [2.05, 4.69) is 4.84 Å². The molecule has 0 aromatic heterocycles. The lowest BCUT2D eigenvalue weighted by molar-refractivity contribution is -0.757. The van der Waals surface area contributed by atoms with Crippen molar-refractivity contribution in [2.75, 3.05) is 13.2 Å². The lowest BCUT2D eigenvalue weighted by Gasteiger charge is -2.47. The Labute approximate surface area is 187 Å². The Morgan fingerprint density at radius 1 is 1.31 bits per heavy atom. The van der Waals surface area contributed by atoms with E-state index in [1.165, 1.54) is 0 Å². The van der Waals surface area contributed by atoms with Gasteiger partial charge in [0.2, 0.25) is 0 Å². The molecule has 0 bridgehead atoms. The number of carbonyl (C=O) groups is 2. The SMILES string of the molecule is CC(C)(C(=O)OCCCCO[N+](=O)[O-])c1cc(O)c2c(c1)OC(C)(C)[C@@H]1CCC(=O)C[C@@H]21. The molecule has 1 aliphatic carbocycles. The van der Waals surface area contributed by atoms with Crippen molar-refractivity contribution in [2.45, 2.75) is 76.7 Å². The van der Waals surface area contributed by atoms with Crippen LogP contribution in [0.2, 0.25) is 0 Å². The second-order valence-electron chi connectivity index (χ2n) is 9.63. The summed E-state index contributed by atoms with van der Waals surface area (Å²) in [7, 11) is 0. The van der Waals surface area contributed by atoms with Crippen molar-refractivity contribution in [3.63, 3.8) is 0 Å². The van der Waals surface area contributed by atoms with Crippen LogP contribution < -0.4 is 4.74 Å². The first-order valence-electron chi connectivity index (χ1n) is 11.0. The van der Waals surface area contributed by atoms with Crippen LogP contribution in [0, 0.1) is 16.0 Å². The highest BCUT2D eigenvalue weighted by Gasteiger charge is 2.48. The first kappa shape index (κ1) is 23.8. The molecule has 1 aliphatic heterocycles. The van der Waals surface area contributed by atoms with Crippen molar-refractivity contribution in [3.05, 3.63) is 33.4 Å². The van der Waals surface area contributed by atoms with Crippen molar-refractivity contribution >= 4 is 11.8 Å². The van der Waals surface area contributed by atoms with Gasteiger partial charge >= 0.3 is 5.97 Å². The van der Waals surface area contributed by atoms with Gasteiger partial charge in [-0.05, 0) is 64.7 Å². The lowest BCUT2D eigenvalue weighted by atomic mass is 9.66. The number of ether oxygens (including phenoxy) is 2. The van der Waals surface area contributed by atoms with Crippen LogP contribution in [0.1, 0.15) is 76.8 Å². The maximum absolute atomic E-state index is 12.8. The van der Waals surface area contributed by atoms with E-state index in [9.17, 15) is 24.8 Å². The third-order valence-electron chi connectivity index (χ3n) is 6.62. The molecule has 9 nitrogen and oxygen atoms in total. The zero-order valence-corrected chi connectivity index (χ0v) is 19.0. The Balaban J connectivity index is 1.76. The van der Waals surface area contributed by atoms with Gasteiger partial charge in [-0.15, -0.1) is 10.1 Å². The molecule has 9 heteroatoms. The fraction of sp³-hybridized carbons (Fsp3) is 0.652. The van der Waals surface area contributed by atoms with Gasteiger partial charge in [0.15, 0.2) is 0 Å². The third kappa shape index (κ3) is 4.81. The first-order valence-corrected chi connectivity index (χ1v) is 11.0. The minimum atomic E-state index is -1.06. The number of phenolic OH excluding ortho intramolecular Hbond substituents is 1. The van der Waals surface area contributed by atoms with Gasteiger partial charge in [0.25, 0.3) is 5.09 Å². The zero-order valence-electron chi connectivity index (χ0n) is 19.0. The number of phenols is 1. The molecule has 0 saturated heterocycles. The highest BCUT2D eigenvalue weighted by atomic mass is 16.9. The van der Waals surface area contributed by atoms with Crippen LogP contribution >= 0.6 is 0 Å². The van der Waals surface area contributed by atoms with E-state index < -0.39 is 22.1 Å². The summed E-state index contributed by atoms with van der Waals surface area (Å²) in [5, 5.41) is 20.2. The lowest BCUT2D eigenvalue weighted by Crippen LogP contribution is -2.47. The second-order valence-corrected chi connectivity index (χ2v) is 9.63. The number of benzene rings is 1. The summed E-state index contributed by atoms with van der Waals surface area (Å²) >= 11 is 0. The number of carbonyl (C=O) groups excluding carboxylic acids is 2. The third-order valence-corrected chi connectivity index (χ3v) is 6.62. The number of rotatable bonds is 8. The maximum Gasteiger partial charge on any atom is 0.315 e. The van der Waals surface area contributed by atoms with Crippen LogP contribution in [-0.2, 0) is 24.6 Å². The van der Waals surface area contributed by atoms with E-state index in [-0.39, 0.29) is 36.6 Å². The Kier molecular flexibility index (Phi) is 6.67. The molecule has 32 heavy (non-hydrogen) atoms. The van der Waals surface area contributed by atoms with Crippen molar-refractivity contribution in [3.8, 4) is 11.5 Å². The van der Waals surface area contributed by atoms with Crippen molar-refractivity contribution in [1.82, 2.24) is 0 Å². The Morgan fingerprint density at radius 3 is 2.69 bits per heavy atom.